The molecule has 0 spiro atoms. The van der Waals surface area contributed by atoms with Crippen molar-refractivity contribution < 1.29 is 0 Å². The number of hydrogen-bond acceptors (Lipinski definition) is 4. The Bertz CT molecular complexity index is 1160. The summed E-state index contributed by atoms with van der Waals surface area (Å²) in [5.41, 5.74) is 5.06. The molecule has 1 saturated heterocycles. The lowest BCUT2D eigenvalue weighted by atomic mass is 10.1. The van der Waals surface area contributed by atoms with E-state index in [9.17, 15) is 0 Å². The summed E-state index contributed by atoms with van der Waals surface area (Å²) < 4.78 is 2.13. The van der Waals surface area contributed by atoms with E-state index in [-0.39, 0.29) is 0 Å². The van der Waals surface area contributed by atoms with E-state index in [2.05, 4.69) is 27.4 Å². The van der Waals surface area contributed by atoms with E-state index in [1.807, 2.05) is 42.7 Å². The van der Waals surface area contributed by atoms with E-state index in [0.717, 1.165) is 47.0 Å². The molecule has 0 atom stereocenters. The van der Waals surface area contributed by atoms with E-state index in [4.69, 9.17) is 21.6 Å². The van der Waals surface area contributed by atoms with Crippen molar-refractivity contribution in [1.29, 1.82) is 0 Å². The van der Waals surface area contributed by atoms with Gasteiger partial charge in [-0.2, -0.15) is 0 Å². The Labute approximate surface area is 175 Å². The number of fused-ring (bicyclic) bond motifs is 1. The Kier molecular flexibility index (Phi) is 4.68. The van der Waals surface area contributed by atoms with E-state index >= 15 is 0 Å². The summed E-state index contributed by atoms with van der Waals surface area (Å²) >= 11 is 6.11. The van der Waals surface area contributed by atoms with Gasteiger partial charge < -0.3 is 4.90 Å². The minimum absolute atomic E-state index is 0.710. The molecule has 0 N–H and O–H groups in total. The molecular weight excluding hydrogens is 382 g/mol. The molecule has 146 valence electrons. The molecule has 1 fully saturated rings. The topological polar surface area (TPSA) is 46.8 Å². The van der Waals surface area contributed by atoms with Gasteiger partial charge in [-0.05, 0) is 68.1 Å². The van der Waals surface area contributed by atoms with Crippen molar-refractivity contribution in [3.05, 3.63) is 65.6 Å². The number of benzene rings is 1. The zero-order valence-corrected chi connectivity index (χ0v) is 17.1. The number of halogens is 1. The maximum Gasteiger partial charge on any atom is 0.147 e. The van der Waals surface area contributed by atoms with Crippen molar-refractivity contribution in [1.82, 2.24) is 19.5 Å². The van der Waals surface area contributed by atoms with Crippen molar-refractivity contribution in [3.63, 3.8) is 0 Å². The molecule has 0 saturated carbocycles. The van der Waals surface area contributed by atoms with Crippen molar-refractivity contribution in [2.45, 2.75) is 26.2 Å². The van der Waals surface area contributed by atoms with Crippen LogP contribution in [0.4, 0.5) is 5.82 Å². The largest absolute Gasteiger partial charge is 0.357 e. The van der Waals surface area contributed by atoms with Gasteiger partial charge in [-0.1, -0.05) is 11.6 Å². The molecule has 5 rings (SSSR count). The third-order valence-corrected chi connectivity index (χ3v) is 5.81. The lowest BCUT2D eigenvalue weighted by Crippen LogP contribution is -2.30. The van der Waals surface area contributed by atoms with Gasteiger partial charge in [-0.15, -0.1) is 0 Å². The fourth-order valence-electron chi connectivity index (χ4n) is 4.03. The van der Waals surface area contributed by atoms with Crippen LogP contribution in [-0.2, 0) is 0 Å². The summed E-state index contributed by atoms with van der Waals surface area (Å²) in [6.07, 6.45) is 9.37. The number of piperidine rings is 1. The molecule has 4 heterocycles. The number of pyridine rings is 2. The fourth-order valence-corrected chi connectivity index (χ4v) is 4.15. The molecule has 3 aromatic heterocycles. The summed E-state index contributed by atoms with van der Waals surface area (Å²) in [5, 5.41) is 0.710. The van der Waals surface area contributed by atoms with Gasteiger partial charge in [0.25, 0.3) is 0 Å². The molecule has 0 bridgehead atoms. The molecule has 0 unspecified atom stereocenters. The van der Waals surface area contributed by atoms with Crippen LogP contribution in [0.25, 0.3) is 28.1 Å². The number of hydrogen-bond donors (Lipinski definition) is 0. The van der Waals surface area contributed by atoms with E-state index in [0.29, 0.717) is 5.02 Å². The van der Waals surface area contributed by atoms with Gasteiger partial charge in [0.2, 0.25) is 0 Å². The average molecular weight is 404 g/mol. The molecule has 1 aliphatic heterocycles. The number of aryl methyl sites for hydroxylation is 1. The smallest absolute Gasteiger partial charge is 0.147 e. The highest BCUT2D eigenvalue weighted by atomic mass is 35.5. The number of rotatable bonds is 3. The van der Waals surface area contributed by atoms with Crippen LogP contribution < -0.4 is 4.90 Å². The molecule has 0 amide bonds. The average Bonchev–Trinajstić information content (AvgIpc) is 3.14. The van der Waals surface area contributed by atoms with E-state index in [1.165, 1.54) is 24.8 Å². The quantitative estimate of drug-likeness (QED) is 0.457. The molecule has 0 aliphatic carbocycles. The maximum absolute atomic E-state index is 6.11. The minimum atomic E-state index is 0.710. The summed E-state index contributed by atoms with van der Waals surface area (Å²) in [5.74, 6) is 1.92. The predicted octanol–water partition coefficient (Wildman–Crippen LogP) is 5.43. The summed E-state index contributed by atoms with van der Waals surface area (Å²) in [4.78, 5) is 16.4. The molecule has 1 aliphatic rings. The first-order valence-corrected chi connectivity index (χ1v) is 10.4. The standard InChI is InChI=1S/C23H22ClN5/c1-16-13-22(28-11-3-2-4-12-28)26-14-19(16)23-27-20-9-10-25-15-21(20)29(23)18-7-5-17(24)6-8-18/h5-10,13-15H,2-4,11-12H2,1H3. The summed E-state index contributed by atoms with van der Waals surface area (Å²) in [6.45, 7) is 4.30. The van der Waals surface area contributed by atoms with Gasteiger partial charge in [0.05, 0.1) is 17.2 Å². The Morgan fingerprint density at radius 2 is 1.76 bits per heavy atom. The third kappa shape index (κ3) is 3.36. The SMILES string of the molecule is Cc1cc(N2CCCCC2)ncc1-c1nc2ccncc2n1-c1ccc(Cl)cc1. The number of anilines is 1. The Morgan fingerprint density at radius 1 is 0.966 bits per heavy atom. The van der Waals surface area contributed by atoms with Gasteiger partial charge in [0, 0.05) is 41.8 Å². The van der Waals surface area contributed by atoms with Gasteiger partial charge in [-0.25, -0.2) is 9.97 Å². The lowest BCUT2D eigenvalue weighted by molar-refractivity contribution is 0.573. The van der Waals surface area contributed by atoms with Crippen LogP contribution in [0.2, 0.25) is 5.02 Å². The van der Waals surface area contributed by atoms with Crippen LogP contribution >= 0.6 is 11.6 Å². The first-order chi connectivity index (χ1) is 14.2. The van der Waals surface area contributed by atoms with E-state index in [1.54, 1.807) is 6.20 Å². The molecule has 4 aromatic rings. The Balaban J connectivity index is 1.65. The molecule has 6 heteroatoms. The van der Waals surface area contributed by atoms with E-state index < -0.39 is 0 Å². The van der Waals surface area contributed by atoms with Crippen molar-refractivity contribution in [2.24, 2.45) is 0 Å². The number of nitrogens with zero attached hydrogens (tertiary/aromatic N) is 5. The van der Waals surface area contributed by atoms with Crippen LogP contribution in [0.15, 0.2) is 55.0 Å². The highest BCUT2D eigenvalue weighted by Gasteiger charge is 2.18. The van der Waals surface area contributed by atoms with Crippen molar-refractivity contribution in [3.8, 4) is 17.1 Å². The zero-order chi connectivity index (χ0) is 19.8. The minimum Gasteiger partial charge on any atom is -0.357 e. The van der Waals surface area contributed by atoms with Crippen LogP contribution in [0.3, 0.4) is 0 Å². The predicted molar refractivity (Wildman–Crippen MR) is 118 cm³/mol. The molecular formula is C23H22ClN5. The number of aromatic nitrogens is 4. The first kappa shape index (κ1) is 18.1. The first-order valence-electron chi connectivity index (χ1n) is 10.0. The van der Waals surface area contributed by atoms with Crippen LogP contribution in [0.1, 0.15) is 24.8 Å². The highest BCUT2D eigenvalue weighted by Crippen LogP contribution is 2.31. The van der Waals surface area contributed by atoms with Gasteiger partial charge in [-0.3, -0.25) is 9.55 Å². The summed E-state index contributed by atoms with van der Waals surface area (Å²) in [7, 11) is 0. The van der Waals surface area contributed by atoms with Gasteiger partial charge in [0.15, 0.2) is 0 Å². The normalized spacial score (nSPS) is 14.5. The third-order valence-electron chi connectivity index (χ3n) is 5.56. The van der Waals surface area contributed by atoms with Crippen LogP contribution in [-0.4, -0.2) is 32.6 Å². The number of imidazole rings is 1. The fraction of sp³-hybridized carbons (Fsp3) is 0.261. The monoisotopic (exact) mass is 403 g/mol. The second kappa shape index (κ2) is 7.48. The van der Waals surface area contributed by atoms with Crippen LogP contribution in [0, 0.1) is 6.92 Å². The van der Waals surface area contributed by atoms with Crippen molar-refractivity contribution in [2.75, 3.05) is 18.0 Å². The highest BCUT2D eigenvalue weighted by molar-refractivity contribution is 6.30. The maximum atomic E-state index is 6.11. The Morgan fingerprint density at radius 3 is 2.52 bits per heavy atom. The lowest BCUT2D eigenvalue weighted by Gasteiger charge is -2.28. The van der Waals surface area contributed by atoms with Gasteiger partial charge in [0.1, 0.15) is 11.6 Å². The zero-order valence-electron chi connectivity index (χ0n) is 16.3. The van der Waals surface area contributed by atoms with Crippen LogP contribution in [0.5, 0.6) is 0 Å². The molecule has 1 aromatic carbocycles. The molecule has 29 heavy (non-hydrogen) atoms. The molecule has 0 radical (unpaired) electrons. The Hall–Kier alpha value is -2.92. The molecule has 5 nitrogen and oxygen atoms in total. The van der Waals surface area contributed by atoms with Crippen molar-refractivity contribution >= 4 is 28.5 Å². The van der Waals surface area contributed by atoms with Gasteiger partial charge >= 0.3 is 0 Å². The second-order valence-corrected chi connectivity index (χ2v) is 7.95. The second-order valence-electron chi connectivity index (χ2n) is 7.52. The summed E-state index contributed by atoms with van der Waals surface area (Å²) in [6, 6.07) is 11.9.